The van der Waals surface area contributed by atoms with Gasteiger partial charge in [0.2, 0.25) is 10.0 Å². The van der Waals surface area contributed by atoms with Crippen LogP contribution in [0.2, 0.25) is 0 Å². The van der Waals surface area contributed by atoms with Gasteiger partial charge < -0.3 is 14.7 Å². The van der Waals surface area contributed by atoms with Gasteiger partial charge in [-0.15, -0.1) is 0 Å². The molecule has 0 aliphatic carbocycles. The van der Waals surface area contributed by atoms with Crippen molar-refractivity contribution in [1.29, 1.82) is 0 Å². The number of hydrogen-bond donors (Lipinski definition) is 1. The van der Waals surface area contributed by atoms with E-state index in [2.05, 4.69) is 4.90 Å². The number of aryl methyl sites for hydroxylation is 1. The van der Waals surface area contributed by atoms with E-state index in [4.69, 9.17) is 4.74 Å². The SMILES string of the molecule is Cc1ccc(C(=O)O)cc1S(=O)(=O)N1C[C@@H]2[C@H](CN(C)C)[C@H]3CC[C@]2(C1)O3. The summed E-state index contributed by atoms with van der Waals surface area (Å²) in [6.45, 7) is 3.38. The van der Waals surface area contributed by atoms with Crippen molar-refractivity contribution in [1.82, 2.24) is 9.21 Å². The summed E-state index contributed by atoms with van der Waals surface area (Å²) in [5, 5.41) is 9.23. The van der Waals surface area contributed by atoms with Gasteiger partial charge in [-0.05, 0) is 51.6 Å². The summed E-state index contributed by atoms with van der Waals surface area (Å²) >= 11 is 0. The number of benzene rings is 1. The molecule has 3 saturated heterocycles. The molecule has 8 heteroatoms. The highest BCUT2D eigenvalue weighted by atomic mass is 32.2. The number of carbonyl (C=O) groups is 1. The van der Waals surface area contributed by atoms with Crippen LogP contribution in [0.5, 0.6) is 0 Å². The third-order valence-electron chi connectivity index (χ3n) is 6.38. The van der Waals surface area contributed by atoms with Crippen LogP contribution in [-0.2, 0) is 14.8 Å². The zero-order valence-corrected chi connectivity index (χ0v) is 16.7. The van der Waals surface area contributed by atoms with E-state index in [0.717, 1.165) is 19.4 Å². The van der Waals surface area contributed by atoms with Gasteiger partial charge in [-0.3, -0.25) is 0 Å². The minimum Gasteiger partial charge on any atom is -0.478 e. The molecule has 0 radical (unpaired) electrons. The van der Waals surface area contributed by atoms with Crippen LogP contribution in [-0.4, -0.2) is 74.1 Å². The molecule has 3 heterocycles. The highest BCUT2D eigenvalue weighted by Gasteiger charge is 2.64. The highest BCUT2D eigenvalue weighted by molar-refractivity contribution is 7.89. The number of fused-ring (bicyclic) bond motifs is 1. The maximum Gasteiger partial charge on any atom is 0.335 e. The Bertz CT molecular complexity index is 884. The fraction of sp³-hybridized carbons (Fsp3) is 0.632. The van der Waals surface area contributed by atoms with Gasteiger partial charge in [-0.1, -0.05) is 6.07 Å². The van der Waals surface area contributed by atoms with Gasteiger partial charge >= 0.3 is 5.97 Å². The van der Waals surface area contributed by atoms with Gasteiger partial charge in [0.1, 0.15) is 0 Å². The summed E-state index contributed by atoms with van der Waals surface area (Å²) < 4.78 is 34.5. The third-order valence-corrected chi connectivity index (χ3v) is 8.34. The number of aromatic carboxylic acids is 1. The van der Waals surface area contributed by atoms with Crippen molar-refractivity contribution in [2.24, 2.45) is 11.8 Å². The van der Waals surface area contributed by atoms with Crippen LogP contribution in [0.4, 0.5) is 0 Å². The number of sulfonamides is 1. The summed E-state index contributed by atoms with van der Waals surface area (Å²) in [4.78, 5) is 13.5. The van der Waals surface area contributed by atoms with Crippen LogP contribution in [0, 0.1) is 18.8 Å². The Labute approximate surface area is 160 Å². The van der Waals surface area contributed by atoms with E-state index in [-0.39, 0.29) is 28.1 Å². The summed E-state index contributed by atoms with van der Waals surface area (Å²) in [5.74, 6) is -0.604. The largest absolute Gasteiger partial charge is 0.478 e. The molecule has 2 bridgehead atoms. The summed E-state index contributed by atoms with van der Waals surface area (Å²) in [6, 6.07) is 4.27. The van der Waals surface area contributed by atoms with E-state index in [1.165, 1.54) is 16.4 Å². The molecule has 0 aromatic heterocycles. The van der Waals surface area contributed by atoms with Crippen molar-refractivity contribution in [3.63, 3.8) is 0 Å². The van der Waals surface area contributed by atoms with Crippen molar-refractivity contribution < 1.29 is 23.1 Å². The molecule has 7 nitrogen and oxygen atoms in total. The monoisotopic (exact) mass is 394 g/mol. The lowest BCUT2D eigenvalue weighted by Crippen LogP contribution is -2.40. The first-order valence-corrected chi connectivity index (χ1v) is 10.7. The molecular weight excluding hydrogens is 368 g/mol. The quantitative estimate of drug-likeness (QED) is 0.813. The molecule has 3 aliphatic rings. The molecule has 1 aromatic rings. The molecule has 1 aromatic carbocycles. The van der Waals surface area contributed by atoms with E-state index in [1.54, 1.807) is 13.0 Å². The molecular formula is C19H26N2O5S. The molecule has 1 spiro atoms. The van der Waals surface area contributed by atoms with Crippen LogP contribution >= 0.6 is 0 Å². The van der Waals surface area contributed by atoms with Crippen LogP contribution in [0.25, 0.3) is 0 Å². The highest BCUT2D eigenvalue weighted by Crippen LogP contribution is 2.55. The predicted octanol–water partition coefficient (Wildman–Crippen LogP) is 1.42. The maximum atomic E-state index is 13.3. The lowest BCUT2D eigenvalue weighted by molar-refractivity contribution is 0.00738. The van der Waals surface area contributed by atoms with Gasteiger partial charge in [-0.2, -0.15) is 4.31 Å². The first kappa shape index (κ1) is 18.9. The fourth-order valence-electron chi connectivity index (χ4n) is 5.15. The Morgan fingerprint density at radius 1 is 1.41 bits per heavy atom. The van der Waals surface area contributed by atoms with E-state index in [0.29, 0.717) is 24.6 Å². The molecule has 1 N–H and O–H groups in total. The molecule has 0 unspecified atom stereocenters. The number of rotatable bonds is 5. The summed E-state index contributed by atoms with van der Waals surface area (Å²) in [7, 11) is 0.289. The minimum atomic E-state index is -3.77. The minimum absolute atomic E-state index is 0.0144. The second-order valence-corrected chi connectivity index (χ2v) is 10.3. The van der Waals surface area contributed by atoms with Gasteiger partial charge in [-0.25, -0.2) is 13.2 Å². The van der Waals surface area contributed by atoms with Gasteiger partial charge in [0, 0.05) is 31.5 Å². The number of nitrogens with zero attached hydrogens (tertiary/aromatic N) is 2. The van der Waals surface area contributed by atoms with Crippen molar-refractivity contribution in [3.05, 3.63) is 29.3 Å². The zero-order chi connectivity index (χ0) is 19.6. The topological polar surface area (TPSA) is 87.1 Å². The number of hydrogen-bond acceptors (Lipinski definition) is 5. The maximum absolute atomic E-state index is 13.3. The Hall–Kier alpha value is -1.48. The Balaban J connectivity index is 1.66. The zero-order valence-electron chi connectivity index (χ0n) is 15.9. The summed E-state index contributed by atoms with van der Waals surface area (Å²) in [6.07, 6.45) is 2.10. The predicted molar refractivity (Wildman–Crippen MR) is 99.3 cm³/mol. The van der Waals surface area contributed by atoms with Gasteiger partial charge in [0.05, 0.1) is 22.2 Å². The van der Waals surface area contributed by atoms with Crippen molar-refractivity contribution in [3.8, 4) is 0 Å². The average Bonchev–Trinajstić information content (AvgIpc) is 3.24. The first-order chi connectivity index (χ1) is 12.6. The molecule has 27 heavy (non-hydrogen) atoms. The number of ether oxygens (including phenoxy) is 1. The van der Waals surface area contributed by atoms with Crippen molar-refractivity contribution >= 4 is 16.0 Å². The summed E-state index contributed by atoms with van der Waals surface area (Å²) in [5.41, 5.74) is 0.167. The Morgan fingerprint density at radius 3 is 2.81 bits per heavy atom. The number of carboxylic acids is 1. The van der Waals surface area contributed by atoms with Gasteiger partial charge in [0.25, 0.3) is 0 Å². The molecule has 148 valence electrons. The molecule has 4 rings (SSSR count). The molecule has 4 atom stereocenters. The smallest absolute Gasteiger partial charge is 0.335 e. The first-order valence-electron chi connectivity index (χ1n) is 9.31. The van der Waals surface area contributed by atoms with E-state index in [9.17, 15) is 18.3 Å². The van der Waals surface area contributed by atoms with Crippen molar-refractivity contribution in [2.45, 2.75) is 36.4 Å². The average molecular weight is 394 g/mol. The van der Waals surface area contributed by atoms with E-state index < -0.39 is 16.0 Å². The number of carboxylic acid groups (broad SMARTS) is 1. The Morgan fingerprint density at radius 2 is 2.15 bits per heavy atom. The van der Waals surface area contributed by atoms with Crippen LogP contribution in [0.3, 0.4) is 0 Å². The second kappa shape index (κ2) is 6.27. The van der Waals surface area contributed by atoms with Gasteiger partial charge in [0.15, 0.2) is 0 Å². The lowest BCUT2D eigenvalue weighted by Gasteiger charge is -2.31. The Kier molecular flexibility index (Phi) is 4.38. The second-order valence-electron chi connectivity index (χ2n) is 8.38. The van der Waals surface area contributed by atoms with E-state index in [1.807, 2.05) is 14.1 Å². The standard InChI is InChI=1S/C19H26N2O5S/c1-12-4-5-13(18(22)23)8-17(12)27(24,25)21-10-15-14(9-20(2)3)16-6-7-19(15,11-21)26-16/h4-5,8,14-16H,6-7,9-11H2,1-3H3,(H,22,23)/t14-,15+,16+,19+/m0/s1. The van der Waals surface area contributed by atoms with Crippen LogP contribution in [0.1, 0.15) is 28.8 Å². The molecule has 3 fully saturated rings. The third kappa shape index (κ3) is 2.90. The van der Waals surface area contributed by atoms with Crippen LogP contribution in [0.15, 0.2) is 23.1 Å². The molecule has 3 aliphatic heterocycles. The lowest BCUT2D eigenvalue weighted by atomic mass is 9.73. The van der Waals surface area contributed by atoms with E-state index >= 15 is 0 Å². The molecule has 0 amide bonds. The van der Waals surface area contributed by atoms with Crippen molar-refractivity contribution in [2.75, 3.05) is 33.7 Å². The fourth-order valence-corrected chi connectivity index (χ4v) is 6.92. The molecule has 0 saturated carbocycles. The normalized spacial score (nSPS) is 33.0. The van der Waals surface area contributed by atoms with Crippen LogP contribution < -0.4 is 0 Å².